The predicted molar refractivity (Wildman–Crippen MR) is 114 cm³/mol. The van der Waals surface area contributed by atoms with Gasteiger partial charge in [-0.3, -0.25) is 9.55 Å². The molecule has 0 saturated heterocycles. The summed E-state index contributed by atoms with van der Waals surface area (Å²) in [6, 6.07) is 12.6. The van der Waals surface area contributed by atoms with Gasteiger partial charge in [0.25, 0.3) is 0 Å². The van der Waals surface area contributed by atoms with Gasteiger partial charge in [-0.2, -0.15) is 0 Å². The van der Waals surface area contributed by atoms with Gasteiger partial charge in [-0.1, -0.05) is 56.8 Å². The van der Waals surface area contributed by atoms with E-state index >= 15 is 0 Å². The summed E-state index contributed by atoms with van der Waals surface area (Å²) in [5.41, 5.74) is 3.42. The van der Waals surface area contributed by atoms with Crippen LogP contribution in [0.3, 0.4) is 0 Å². The molecule has 0 aliphatic heterocycles. The Morgan fingerprint density at radius 1 is 1.03 bits per heavy atom. The van der Waals surface area contributed by atoms with Gasteiger partial charge >= 0.3 is 0 Å². The molecule has 3 heterocycles. The van der Waals surface area contributed by atoms with Gasteiger partial charge < -0.3 is 4.42 Å². The standard InChI is InChI=1S/C22H23N5OS/c1-22(2,3)17-8-6-16(7-9-17)15-29-21-26-25-20(19-13-23-10-11-24-19)27(21)14-18-5-4-12-28-18/h4-13H,14-15H2,1-3H3. The van der Waals surface area contributed by atoms with Crippen molar-refractivity contribution in [2.45, 2.75) is 43.6 Å². The van der Waals surface area contributed by atoms with Crippen LogP contribution in [0.2, 0.25) is 0 Å². The summed E-state index contributed by atoms with van der Waals surface area (Å²) in [5.74, 6) is 2.33. The zero-order valence-electron chi connectivity index (χ0n) is 16.7. The van der Waals surface area contributed by atoms with Gasteiger partial charge in [-0.25, -0.2) is 4.98 Å². The van der Waals surface area contributed by atoms with Crippen LogP contribution < -0.4 is 0 Å². The molecule has 0 bridgehead atoms. The molecule has 4 rings (SSSR count). The van der Waals surface area contributed by atoms with Crippen molar-refractivity contribution in [1.29, 1.82) is 0 Å². The molecule has 0 spiro atoms. The summed E-state index contributed by atoms with van der Waals surface area (Å²) >= 11 is 1.65. The maximum absolute atomic E-state index is 5.54. The molecule has 0 saturated carbocycles. The van der Waals surface area contributed by atoms with Crippen molar-refractivity contribution < 1.29 is 4.42 Å². The van der Waals surface area contributed by atoms with Crippen molar-refractivity contribution in [1.82, 2.24) is 24.7 Å². The zero-order valence-corrected chi connectivity index (χ0v) is 17.6. The van der Waals surface area contributed by atoms with E-state index in [1.807, 2.05) is 16.7 Å². The van der Waals surface area contributed by atoms with E-state index in [0.29, 0.717) is 18.1 Å². The van der Waals surface area contributed by atoms with Crippen LogP contribution in [0.25, 0.3) is 11.5 Å². The molecule has 1 aromatic carbocycles. The van der Waals surface area contributed by atoms with Gasteiger partial charge in [0.1, 0.15) is 11.5 Å². The van der Waals surface area contributed by atoms with Gasteiger partial charge in [-0.15, -0.1) is 10.2 Å². The molecule has 148 valence electrons. The smallest absolute Gasteiger partial charge is 0.192 e. The summed E-state index contributed by atoms with van der Waals surface area (Å²) in [5, 5.41) is 9.61. The maximum Gasteiger partial charge on any atom is 0.192 e. The van der Waals surface area contributed by atoms with E-state index in [2.05, 4.69) is 65.2 Å². The number of thioether (sulfide) groups is 1. The second kappa shape index (κ2) is 8.21. The van der Waals surface area contributed by atoms with Gasteiger partial charge in [0, 0.05) is 18.1 Å². The molecule has 0 N–H and O–H groups in total. The number of nitrogens with zero attached hydrogens (tertiary/aromatic N) is 5. The molecule has 0 amide bonds. The topological polar surface area (TPSA) is 69.6 Å². The van der Waals surface area contributed by atoms with E-state index in [4.69, 9.17) is 4.42 Å². The van der Waals surface area contributed by atoms with E-state index in [0.717, 1.165) is 16.7 Å². The zero-order chi connectivity index (χ0) is 20.3. The Bertz CT molecular complexity index is 1050. The second-order valence-corrected chi connectivity index (χ2v) is 8.74. The van der Waals surface area contributed by atoms with Gasteiger partial charge in [0.15, 0.2) is 11.0 Å². The highest BCUT2D eigenvalue weighted by Gasteiger charge is 2.17. The lowest BCUT2D eigenvalue weighted by Crippen LogP contribution is -2.10. The minimum absolute atomic E-state index is 0.153. The van der Waals surface area contributed by atoms with Crippen LogP contribution in [0.15, 0.2) is 70.8 Å². The predicted octanol–water partition coefficient (Wildman–Crippen LogP) is 4.97. The number of hydrogen-bond acceptors (Lipinski definition) is 6. The Morgan fingerprint density at radius 3 is 2.52 bits per heavy atom. The summed E-state index contributed by atoms with van der Waals surface area (Å²) < 4.78 is 7.56. The molecule has 6 nitrogen and oxygen atoms in total. The van der Waals surface area contributed by atoms with Crippen molar-refractivity contribution in [3.05, 3.63) is 78.1 Å². The quantitative estimate of drug-likeness (QED) is 0.422. The van der Waals surface area contributed by atoms with Crippen LogP contribution in [0.5, 0.6) is 0 Å². The molecule has 0 radical (unpaired) electrons. The van der Waals surface area contributed by atoms with Crippen molar-refractivity contribution >= 4 is 11.8 Å². The molecule has 0 fully saturated rings. The fraction of sp³-hybridized carbons (Fsp3) is 0.273. The van der Waals surface area contributed by atoms with E-state index in [9.17, 15) is 0 Å². The number of hydrogen-bond donors (Lipinski definition) is 0. The third kappa shape index (κ3) is 4.56. The van der Waals surface area contributed by atoms with E-state index in [-0.39, 0.29) is 5.41 Å². The molecular weight excluding hydrogens is 382 g/mol. The van der Waals surface area contributed by atoms with Gasteiger partial charge in [0.2, 0.25) is 0 Å². The monoisotopic (exact) mass is 405 g/mol. The Balaban J connectivity index is 1.57. The first-order chi connectivity index (χ1) is 14.0. The Hall–Kier alpha value is -2.93. The second-order valence-electron chi connectivity index (χ2n) is 7.80. The first-order valence-corrected chi connectivity index (χ1v) is 10.4. The lowest BCUT2D eigenvalue weighted by Gasteiger charge is -2.19. The van der Waals surface area contributed by atoms with Crippen LogP contribution in [-0.4, -0.2) is 24.7 Å². The lowest BCUT2D eigenvalue weighted by molar-refractivity contribution is 0.485. The molecule has 29 heavy (non-hydrogen) atoms. The van der Waals surface area contributed by atoms with Crippen LogP contribution in [0, 0.1) is 0 Å². The fourth-order valence-corrected chi connectivity index (χ4v) is 3.84. The van der Waals surface area contributed by atoms with E-state index < -0.39 is 0 Å². The Kier molecular flexibility index (Phi) is 5.49. The first kappa shape index (κ1) is 19.4. The molecule has 3 aromatic heterocycles. The van der Waals surface area contributed by atoms with Crippen LogP contribution in [-0.2, 0) is 17.7 Å². The molecule has 0 unspecified atom stereocenters. The normalized spacial score (nSPS) is 11.7. The Morgan fingerprint density at radius 2 is 1.86 bits per heavy atom. The molecule has 7 heteroatoms. The highest BCUT2D eigenvalue weighted by Crippen LogP contribution is 2.28. The molecule has 0 aliphatic carbocycles. The van der Waals surface area contributed by atoms with Crippen LogP contribution in [0.1, 0.15) is 37.7 Å². The maximum atomic E-state index is 5.54. The minimum atomic E-state index is 0.153. The highest BCUT2D eigenvalue weighted by atomic mass is 32.2. The largest absolute Gasteiger partial charge is 0.467 e. The molecule has 4 aromatic rings. The SMILES string of the molecule is CC(C)(C)c1ccc(CSc2nnc(-c3cnccn3)n2Cc2ccco2)cc1. The van der Waals surface area contributed by atoms with Crippen molar-refractivity contribution in [3.63, 3.8) is 0 Å². The van der Waals surface area contributed by atoms with E-state index in [1.54, 1.807) is 36.6 Å². The lowest BCUT2D eigenvalue weighted by atomic mass is 9.87. The summed E-state index contributed by atoms with van der Waals surface area (Å²) in [4.78, 5) is 8.53. The molecule has 0 aliphatic rings. The minimum Gasteiger partial charge on any atom is -0.467 e. The third-order valence-electron chi connectivity index (χ3n) is 4.59. The number of furan rings is 1. The number of aromatic nitrogens is 5. The van der Waals surface area contributed by atoms with Gasteiger partial charge in [-0.05, 0) is 28.7 Å². The summed E-state index contributed by atoms with van der Waals surface area (Å²) in [6.07, 6.45) is 6.67. The van der Waals surface area contributed by atoms with Crippen LogP contribution >= 0.6 is 11.8 Å². The third-order valence-corrected chi connectivity index (χ3v) is 5.63. The highest BCUT2D eigenvalue weighted by molar-refractivity contribution is 7.98. The summed E-state index contributed by atoms with van der Waals surface area (Å²) in [6.45, 7) is 7.21. The fourth-order valence-electron chi connectivity index (χ4n) is 2.95. The summed E-state index contributed by atoms with van der Waals surface area (Å²) in [7, 11) is 0. The van der Waals surface area contributed by atoms with E-state index in [1.165, 1.54) is 11.1 Å². The average Bonchev–Trinajstić information content (AvgIpc) is 3.37. The number of benzene rings is 1. The molecular formula is C22H23N5OS. The first-order valence-electron chi connectivity index (χ1n) is 9.45. The number of rotatable bonds is 6. The van der Waals surface area contributed by atoms with Crippen LogP contribution in [0.4, 0.5) is 0 Å². The van der Waals surface area contributed by atoms with Crippen molar-refractivity contribution in [2.75, 3.05) is 0 Å². The van der Waals surface area contributed by atoms with Crippen molar-refractivity contribution in [2.24, 2.45) is 0 Å². The molecule has 0 atom stereocenters. The van der Waals surface area contributed by atoms with Crippen molar-refractivity contribution in [3.8, 4) is 11.5 Å². The van der Waals surface area contributed by atoms with Gasteiger partial charge in [0.05, 0.1) is 19.0 Å². The average molecular weight is 406 g/mol. The Labute approximate surface area is 174 Å².